The Morgan fingerprint density at radius 1 is 1.25 bits per heavy atom. The Kier molecular flexibility index (Phi) is 5.08. The molecule has 24 heavy (non-hydrogen) atoms. The van der Waals surface area contributed by atoms with Gasteiger partial charge in [0.15, 0.2) is 0 Å². The Balaban J connectivity index is 1.68. The van der Waals surface area contributed by atoms with Gasteiger partial charge in [0.2, 0.25) is 5.95 Å². The molecule has 0 unspecified atom stereocenters. The first-order valence-electron chi connectivity index (χ1n) is 8.56. The number of carbonyl (C=O) groups excluding carboxylic acids is 1. The van der Waals surface area contributed by atoms with Crippen molar-refractivity contribution in [3.05, 3.63) is 53.3 Å². The molecule has 1 aromatic heterocycles. The van der Waals surface area contributed by atoms with E-state index in [1.807, 2.05) is 0 Å². The highest BCUT2D eigenvalue weighted by atomic mass is 16.1. The smallest absolute Gasteiger partial charge is 0.270 e. The first-order chi connectivity index (χ1) is 11.6. The first-order valence-corrected chi connectivity index (χ1v) is 8.56. The molecule has 2 aromatic rings. The van der Waals surface area contributed by atoms with Gasteiger partial charge in [-0.15, -0.1) is 0 Å². The van der Waals surface area contributed by atoms with Crippen LogP contribution >= 0.6 is 0 Å². The van der Waals surface area contributed by atoms with E-state index in [1.165, 1.54) is 11.1 Å². The number of hydrogen-bond acceptors (Lipinski definition) is 4. The van der Waals surface area contributed by atoms with E-state index in [0.29, 0.717) is 24.1 Å². The second kappa shape index (κ2) is 7.43. The summed E-state index contributed by atoms with van der Waals surface area (Å²) >= 11 is 0. The van der Waals surface area contributed by atoms with Crippen LogP contribution in [0.2, 0.25) is 0 Å². The van der Waals surface area contributed by atoms with E-state index in [1.54, 1.807) is 12.3 Å². The van der Waals surface area contributed by atoms with Crippen molar-refractivity contribution < 1.29 is 4.79 Å². The minimum Gasteiger partial charge on any atom is -0.351 e. The molecule has 126 valence electrons. The molecule has 1 aromatic carbocycles. The Morgan fingerprint density at radius 2 is 2.04 bits per heavy atom. The number of nitrogens with zero attached hydrogens (tertiary/aromatic N) is 3. The average molecular weight is 324 g/mol. The molecule has 0 spiro atoms. The van der Waals surface area contributed by atoms with Gasteiger partial charge < -0.3 is 10.2 Å². The number of hydrogen-bond donors (Lipinski definition) is 1. The molecule has 0 atom stereocenters. The standard InChI is InChI=1S/C19H24N4O/c1-14(2)7-10-20-18(24)17-8-11-21-19(22-17)23-12-9-15-5-3-4-6-16(15)13-23/h3-6,8,11,14H,7,9-10,12-13H2,1-2H3,(H,20,24). The number of nitrogens with one attached hydrogen (secondary N) is 1. The summed E-state index contributed by atoms with van der Waals surface area (Å²) in [5, 5.41) is 2.93. The van der Waals surface area contributed by atoms with E-state index in [0.717, 1.165) is 25.9 Å². The normalized spacial score (nSPS) is 13.7. The fraction of sp³-hybridized carbons (Fsp3) is 0.421. The van der Waals surface area contributed by atoms with Gasteiger partial charge >= 0.3 is 0 Å². The maximum atomic E-state index is 12.2. The maximum Gasteiger partial charge on any atom is 0.270 e. The minimum atomic E-state index is -0.128. The second-order valence-electron chi connectivity index (χ2n) is 6.62. The predicted octanol–water partition coefficient (Wildman–Crippen LogP) is 2.82. The van der Waals surface area contributed by atoms with Crippen molar-refractivity contribution in [2.75, 3.05) is 18.0 Å². The second-order valence-corrected chi connectivity index (χ2v) is 6.62. The van der Waals surface area contributed by atoms with Gasteiger partial charge in [-0.2, -0.15) is 0 Å². The largest absolute Gasteiger partial charge is 0.351 e. The molecule has 2 heterocycles. The predicted molar refractivity (Wildman–Crippen MR) is 95.0 cm³/mol. The van der Waals surface area contributed by atoms with Gasteiger partial charge in [0.25, 0.3) is 5.91 Å². The van der Waals surface area contributed by atoms with Crippen LogP contribution in [-0.2, 0) is 13.0 Å². The van der Waals surface area contributed by atoms with E-state index in [-0.39, 0.29) is 5.91 Å². The summed E-state index contributed by atoms with van der Waals surface area (Å²) in [7, 11) is 0. The molecular weight excluding hydrogens is 300 g/mol. The fourth-order valence-corrected chi connectivity index (χ4v) is 2.86. The van der Waals surface area contributed by atoms with Crippen molar-refractivity contribution in [1.82, 2.24) is 15.3 Å². The molecule has 1 amide bonds. The van der Waals surface area contributed by atoms with Gasteiger partial charge in [0, 0.05) is 25.8 Å². The third-order valence-corrected chi connectivity index (χ3v) is 4.30. The minimum absolute atomic E-state index is 0.128. The lowest BCUT2D eigenvalue weighted by molar-refractivity contribution is 0.0947. The number of rotatable bonds is 5. The lowest BCUT2D eigenvalue weighted by atomic mass is 10.0. The molecule has 0 radical (unpaired) electrons. The van der Waals surface area contributed by atoms with Crippen LogP contribution in [-0.4, -0.2) is 29.0 Å². The summed E-state index contributed by atoms with van der Waals surface area (Å²) in [6.07, 6.45) is 3.61. The van der Waals surface area contributed by atoms with Crippen LogP contribution < -0.4 is 10.2 Å². The summed E-state index contributed by atoms with van der Waals surface area (Å²) in [5.74, 6) is 1.07. The summed E-state index contributed by atoms with van der Waals surface area (Å²) in [6.45, 7) is 6.61. The Labute approximate surface area is 143 Å². The summed E-state index contributed by atoms with van der Waals surface area (Å²) in [6, 6.07) is 10.1. The zero-order valence-electron chi connectivity index (χ0n) is 14.3. The van der Waals surface area contributed by atoms with Gasteiger partial charge in [-0.25, -0.2) is 9.97 Å². The third-order valence-electron chi connectivity index (χ3n) is 4.30. The van der Waals surface area contributed by atoms with E-state index in [4.69, 9.17) is 0 Å². The number of fused-ring (bicyclic) bond motifs is 1. The van der Waals surface area contributed by atoms with Gasteiger partial charge in [0.1, 0.15) is 5.69 Å². The van der Waals surface area contributed by atoms with Crippen LogP contribution in [0.25, 0.3) is 0 Å². The Bertz CT molecular complexity index is 714. The SMILES string of the molecule is CC(C)CCNC(=O)c1ccnc(N2CCc3ccccc3C2)n1. The summed E-state index contributed by atoms with van der Waals surface area (Å²) < 4.78 is 0. The molecule has 5 heteroatoms. The van der Waals surface area contributed by atoms with Crippen molar-refractivity contribution in [2.24, 2.45) is 5.92 Å². The molecule has 1 aliphatic heterocycles. The van der Waals surface area contributed by atoms with E-state index in [2.05, 4.69) is 58.3 Å². The molecule has 0 saturated carbocycles. The molecule has 1 N–H and O–H groups in total. The Morgan fingerprint density at radius 3 is 2.83 bits per heavy atom. The first kappa shape index (κ1) is 16.4. The van der Waals surface area contributed by atoms with E-state index in [9.17, 15) is 4.79 Å². The quantitative estimate of drug-likeness (QED) is 0.919. The third kappa shape index (κ3) is 3.91. The van der Waals surface area contributed by atoms with Crippen molar-refractivity contribution in [1.29, 1.82) is 0 Å². The average Bonchev–Trinajstić information content (AvgIpc) is 2.61. The number of aromatic nitrogens is 2. The van der Waals surface area contributed by atoms with Crippen LogP contribution in [0, 0.1) is 5.92 Å². The van der Waals surface area contributed by atoms with Crippen LogP contribution in [0.5, 0.6) is 0 Å². The zero-order valence-corrected chi connectivity index (χ0v) is 14.3. The van der Waals surface area contributed by atoms with Crippen LogP contribution in [0.4, 0.5) is 5.95 Å². The summed E-state index contributed by atoms with van der Waals surface area (Å²) in [5.41, 5.74) is 3.12. The van der Waals surface area contributed by atoms with Crippen LogP contribution in [0.3, 0.4) is 0 Å². The van der Waals surface area contributed by atoms with Gasteiger partial charge in [-0.05, 0) is 36.0 Å². The Hall–Kier alpha value is -2.43. The van der Waals surface area contributed by atoms with Crippen LogP contribution in [0.1, 0.15) is 41.9 Å². The fourth-order valence-electron chi connectivity index (χ4n) is 2.86. The molecule has 0 bridgehead atoms. The monoisotopic (exact) mass is 324 g/mol. The van der Waals surface area contributed by atoms with Gasteiger partial charge in [-0.3, -0.25) is 4.79 Å². The zero-order chi connectivity index (χ0) is 16.9. The summed E-state index contributed by atoms with van der Waals surface area (Å²) in [4.78, 5) is 23.2. The molecule has 3 rings (SSSR count). The molecular formula is C19H24N4O. The molecule has 0 aliphatic carbocycles. The van der Waals surface area contributed by atoms with Gasteiger partial charge in [-0.1, -0.05) is 38.1 Å². The van der Waals surface area contributed by atoms with E-state index >= 15 is 0 Å². The molecule has 0 saturated heterocycles. The highest BCUT2D eigenvalue weighted by Gasteiger charge is 2.19. The lowest BCUT2D eigenvalue weighted by Crippen LogP contribution is -2.33. The lowest BCUT2D eigenvalue weighted by Gasteiger charge is -2.28. The molecule has 0 fully saturated rings. The number of carbonyl (C=O) groups is 1. The van der Waals surface area contributed by atoms with Crippen molar-refractivity contribution in [3.8, 4) is 0 Å². The van der Waals surface area contributed by atoms with Crippen molar-refractivity contribution >= 4 is 11.9 Å². The number of anilines is 1. The number of amides is 1. The molecule has 5 nitrogen and oxygen atoms in total. The van der Waals surface area contributed by atoms with Gasteiger partial charge in [0.05, 0.1) is 0 Å². The highest BCUT2D eigenvalue weighted by Crippen LogP contribution is 2.21. The topological polar surface area (TPSA) is 58.1 Å². The van der Waals surface area contributed by atoms with E-state index < -0.39 is 0 Å². The maximum absolute atomic E-state index is 12.2. The molecule has 1 aliphatic rings. The van der Waals surface area contributed by atoms with Crippen molar-refractivity contribution in [3.63, 3.8) is 0 Å². The van der Waals surface area contributed by atoms with Crippen LogP contribution in [0.15, 0.2) is 36.5 Å². The number of benzene rings is 1. The highest BCUT2D eigenvalue weighted by molar-refractivity contribution is 5.92. The van der Waals surface area contributed by atoms with Crippen molar-refractivity contribution in [2.45, 2.75) is 33.2 Å².